The van der Waals surface area contributed by atoms with Gasteiger partial charge in [-0.3, -0.25) is 9.48 Å². The molecule has 0 aliphatic rings. The van der Waals surface area contributed by atoms with Crippen LogP contribution in [-0.2, 0) is 18.3 Å². The van der Waals surface area contributed by atoms with E-state index in [-0.39, 0.29) is 12.3 Å². The van der Waals surface area contributed by atoms with E-state index in [1.807, 2.05) is 20.0 Å². The van der Waals surface area contributed by atoms with E-state index in [1.54, 1.807) is 29.1 Å². The molecule has 0 unspecified atom stereocenters. The van der Waals surface area contributed by atoms with Gasteiger partial charge in [-0.25, -0.2) is 4.98 Å². The van der Waals surface area contributed by atoms with Gasteiger partial charge < -0.3 is 5.32 Å². The first-order chi connectivity index (χ1) is 11.0. The van der Waals surface area contributed by atoms with Crippen LogP contribution in [0.3, 0.4) is 0 Å². The maximum Gasteiger partial charge on any atom is 0.228 e. The topological polar surface area (TPSA) is 59.8 Å². The molecule has 0 radical (unpaired) electrons. The summed E-state index contributed by atoms with van der Waals surface area (Å²) in [5.41, 5.74) is 2.86. The molecule has 23 heavy (non-hydrogen) atoms. The third-order valence-corrected chi connectivity index (χ3v) is 4.25. The Bertz CT molecular complexity index is 884. The smallest absolute Gasteiger partial charge is 0.228 e. The van der Waals surface area contributed by atoms with Crippen LogP contribution < -0.4 is 5.32 Å². The molecular weight excluding hydrogens is 335 g/mol. The van der Waals surface area contributed by atoms with E-state index in [9.17, 15) is 4.79 Å². The van der Waals surface area contributed by atoms with Crippen LogP contribution in [0.2, 0.25) is 10.0 Å². The van der Waals surface area contributed by atoms with Crippen molar-refractivity contribution in [3.8, 4) is 0 Å². The average molecular weight is 349 g/mol. The molecule has 0 aliphatic heterocycles. The zero-order valence-corrected chi connectivity index (χ0v) is 14.1. The fourth-order valence-corrected chi connectivity index (χ4v) is 2.97. The highest BCUT2D eigenvalue weighted by Gasteiger charge is 2.12. The van der Waals surface area contributed by atoms with Crippen LogP contribution in [0.5, 0.6) is 0 Å². The number of hydrogen-bond acceptors (Lipinski definition) is 3. The predicted molar refractivity (Wildman–Crippen MR) is 92.0 cm³/mol. The van der Waals surface area contributed by atoms with Gasteiger partial charge in [0.2, 0.25) is 5.91 Å². The van der Waals surface area contributed by atoms with E-state index in [1.165, 1.54) is 0 Å². The highest BCUT2D eigenvalue weighted by atomic mass is 35.5. The van der Waals surface area contributed by atoms with Gasteiger partial charge in [0.1, 0.15) is 0 Å². The quantitative estimate of drug-likeness (QED) is 0.783. The van der Waals surface area contributed by atoms with Crippen molar-refractivity contribution in [1.29, 1.82) is 0 Å². The second-order valence-corrected chi connectivity index (χ2v) is 6.04. The molecule has 3 aromatic rings. The highest BCUT2D eigenvalue weighted by Crippen LogP contribution is 2.25. The number of nitrogens with zero attached hydrogens (tertiary/aromatic N) is 3. The summed E-state index contributed by atoms with van der Waals surface area (Å²) in [6, 6.07) is 7.02. The van der Waals surface area contributed by atoms with Crippen LogP contribution in [0.4, 0.5) is 5.69 Å². The molecule has 0 saturated carbocycles. The minimum absolute atomic E-state index is 0.0998. The standard InChI is InChI=1S/C16H14Cl2N4O/c1-9-11-6-10(8-19-16(11)22(2)21-9)20-15(23)7-12-13(17)4-3-5-14(12)18/h3-6,8H,7H2,1-2H3,(H,20,23). The molecule has 1 amide bonds. The number of benzene rings is 1. The van der Waals surface area contributed by atoms with Crippen LogP contribution in [0.1, 0.15) is 11.3 Å². The molecule has 0 atom stereocenters. The molecule has 0 fully saturated rings. The van der Waals surface area contributed by atoms with Gasteiger partial charge in [-0.2, -0.15) is 5.10 Å². The largest absolute Gasteiger partial charge is 0.324 e. The summed E-state index contributed by atoms with van der Waals surface area (Å²) in [6.07, 6.45) is 1.71. The van der Waals surface area contributed by atoms with E-state index in [2.05, 4.69) is 15.4 Å². The van der Waals surface area contributed by atoms with E-state index in [0.717, 1.165) is 16.7 Å². The van der Waals surface area contributed by atoms with Crippen molar-refractivity contribution in [2.75, 3.05) is 5.32 Å². The Hall–Kier alpha value is -2.11. The first-order valence-corrected chi connectivity index (χ1v) is 7.73. The van der Waals surface area contributed by atoms with E-state index >= 15 is 0 Å². The maximum absolute atomic E-state index is 12.2. The number of halogens is 2. The lowest BCUT2D eigenvalue weighted by Crippen LogP contribution is -2.15. The second-order valence-electron chi connectivity index (χ2n) is 5.23. The third kappa shape index (κ3) is 3.16. The number of carbonyl (C=O) groups is 1. The molecule has 0 saturated heterocycles. The number of amides is 1. The Morgan fingerprint density at radius 3 is 2.70 bits per heavy atom. The Balaban J connectivity index is 1.82. The van der Waals surface area contributed by atoms with Crippen molar-refractivity contribution in [3.05, 3.63) is 51.8 Å². The molecule has 2 heterocycles. The summed E-state index contributed by atoms with van der Waals surface area (Å²) in [6.45, 7) is 1.90. The second kappa shape index (κ2) is 6.18. The normalized spacial score (nSPS) is 11.0. The highest BCUT2D eigenvalue weighted by molar-refractivity contribution is 6.36. The lowest BCUT2D eigenvalue weighted by Gasteiger charge is -2.08. The van der Waals surface area contributed by atoms with Gasteiger partial charge >= 0.3 is 0 Å². The van der Waals surface area contributed by atoms with Crippen LogP contribution in [-0.4, -0.2) is 20.7 Å². The minimum Gasteiger partial charge on any atom is -0.324 e. The summed E-state index contributed by atoms with van der Waals surface area (Å²) < 4.78 is 1.71. The van der Waals surface area contributed by atoms with E-state index < -0.39 is 0 Å². The van der Waals surface area contributed by atoms with E-state index in [0.29, 0.717) is 21.3 Å². The minimum atomic E-state index is -0.206. The summed E-state index contributed by atoms with van der Waals surface area (Å²) in [4.78, 5) is 16.6. The molecule has 2 aromatic heterocycles. The molecule has 5 nitrogen and oxygen atoms in total. The molecule has 1 N–H and O–H groups in total. The van der Waals surface area contributed by atoms with Gasteiger partial charge in [0.15, 0.2) is 5.65 Å². The number of rotatable bonds is 3. The van der Waals surface area contributed by atoms with Gasteiger partial charge in [-0.05, 0) is 30.7 Å². The van der Waals surface area contributed by atoms with Crippen molar-refractivity contribution < 1.29 is 4.79 Å². The Morgan fingerprint density at radius 1 is 1.30 bits per heavy atom. The Morgan fingerprint density at radius 2 is 2.00 bits per heavy atom. The SMILES string of the molecule is Cc1nn(C)c2ncc(NC(=O)Cc3c(Cl)cccc3Cl)cc12. The zero-order chi connectivity index (χ0) is 16.6. The number of fused-ring (bicyclic) bond motifs is 1. The van der Waals surface area contributed by atoms with Gasteiger partial charge in [-0.15, -0.1) is 0 Å². The number of hydrogen-bond donors (Lipinski definition) is 1. The number of carbonyl (C=O) groups excluding carboxylic acids is 1. The first-order valence-electron chi connectivity index (χ1n) is 6.98. The molecule has 0 bridgehead atoms. The average Bonchev–Trinajstić information content (AvgIpc) is 2.78. The number of anilines is 1. The van der Waals surface area contributed by atoms with Crippen LogP contribution >= 0.6 is 23.2 Å². The predicted octanol–water partition coefficient (Wildman–Crippen LogP) is 3.76. The third-order valence-electron chi connectivity index (χ3n) is 3.55. The fraction of sp³-hybridized carbons (Fsp3) is 0.188. The summed E-state index contributed by atoms with van der Waals surface area (Å²) in [5, 5.41) is 8.98. The van der Waals surface area contributed by atoms with Gasteiger partial charge in [0.05, 0.1) is 24.0 Å². The Kier molecular flexibility index (Phi) is 4.24. The number of pyridine rings is 1. The van der Waals surface area contributed by atoms with Crippen LogP contribution in [0.15, 0.2) is 30.5 Å². The monoisotopic (exact) mass is 348 g/mol. The first kappa shape index (κ1) is 15.8. The maximum atomic E-state index is 12.2. The molecular formula is C16H14Cl2N4O. The number of aromatic nitrogens is 3. The van der Waals surface area contributed by atoms with Gasteiger partial charge in [0.25, 0.3) is 0 Å². The van der Waals surface area contributed by atoms with Crippen molar-refractivity contribution in [3.63, 3.8) is 0 Å². The van der Waals surface area contributed by atoms with Gasteiger partial charge in [0, 0.05) is 22.5 Å². The van der Waals surface area contributed by atoms with Gasteiger partial charge in [-0.1, -0.05) is 29.3 Å². The summed E-state index contributed by atoms with van der Waals surface area (Å²) in [5.74, 6) is -0.206. The molecule has 0 aliphatic carbocycles. The van der Waals surface area contributed by atoms with Crippen LogP contribution in [0, 0.1) is 6.92 Å². The van der Waals surface area contributed by atoms with Crippen molar-refractivity contribution in [2.45, 2.75) is 13.3 Å². The molecule has 0 spiro atoms. The fourth-order valence-electron chi connectivity index (χ4n) is 2.44. The summed E-state index contributed by atoms with van der Waals surface area (Å²) in [7, 11) is 1.83. The van der Waals surface area contributed by atoms with Crippen molar-refractivity contribution in [1.82, 2.24) is 14.8 Å². The van der Waals surface area contributed by atoms with Crippen LogP contribution in [0.25, 0.3) is 11.0 Å². The molecule has 1 aromatic carbocycles. The number of nitrogens with one attached hydrogen (secondary N) is 1. The van der Waals surface area contributed by atoms with E-state index in [4.69, 9.17) is 23.2 Å². The van der Waals surface area contributed by atoms with Crippen molar-refractivity contribution in [2.24, 2.45) is 7.05 Å². The summed E-state index contributed by atoms with van der Waals surface area (Å²) >= 11 is 12.2. The lowest BCUT2D eigenvalue weighted by molar-refractivity contribution is -0.115. The molecule has 118 valence electrons. The number of aryl methyl sites for hydroxylation is 2. The molecule has 7 heteroatoms. The zero-order valence-electron chi connectivity index (χ0n) is 12.6. The Labute approximate surface area is 143 Å². The lowest BCUT2D eigenvalue weighted by atomic mass is 10.1. The molecule has 3 rings (SSSR count). The van der Waals surface area contributed by atoms with Crippen molar-refractivity contribution >= 4 is 45.8 Å².